The van der Waals surface area contributed by atoms with Crippen molar-refractivity contribution in [2.45, 2.75) is 32.6 Å². The molecule has 1 aliphatic rings. The Kier molecular flexibility index (Phi) is 5.73. The SMILES string of the molecule is Cc1c(C(=O)NCCCCN2CCCC2)sc2nc(-c3ccc(F)cc3)cn12. The van der Waals surface area contributed by atoms with Gasteiger partial charge in [0.05, 0.1) is 5.69 Å². The normalized spacial score (nSPS) is 14.8. The van der Waals surface area contributed by atoms with Gasteiger partial charge in [-0.15, -0.1) is 0 Å². The van der Waals surface area contributed by atoms with E-state index in [1.165, 1.54) is 49.4 Å². The van der Waals surface area contributed by atoms with Crippen LogP contribution in [0.25, 0.3) is 16.2 Å². The number of aromatic nitrogens is 2. The van der Waals surface area contributed by atoms with Gasteiger partial charge in [0, 0.05) is 24.0 Å². The van der Waals surface area contributed by atoms with Crippen LogP contribution in [-0.4, -0.2) is 46.4 Å². The van der Waals surface area contributed by atoms with E-state index in [2.05, 4.69) is 15.2 Å². The summed E-state index contributed by atoms with van der Waals surface area (Å²) in [7, 11) is 0. The molecule has 0 bridgehead atoms. The van der Waals surface area contributed by atoms with Crippen molar-refractivity contribution in [3.05, 3.63) is 46.9 Å². The number of imidazole rings is 1. The number of hydrogen-bond acceptors (Lipinski definition) is 4. The van der Waals surface area contributed by atoms with E-state index in [1.807, 2.05) is 17.5 Å². The third kappa shape index (κ3) is 4.10. The first-order chi connectivity index (χ1) is 13.6. The van der Waals surface area contributed by atoms with E-state index in [4.69, 9.17) is 0 Å². The van der Waals surface area contributed by atoms with Gasteiger partial charge < -0.3 is 10.2 Å². The largest absolute Gasteiger partial charge is 0.351 e. The maximum Gasteiger partial charge on any atom is 0.263 e. The minimum atomic E-state index is -0.264. The summed E-state index contributed by atoms with van der Waals surface area (Å²) in [6, 6.07) is 6.29. The van der Waals surface area contributed by atoms with Crippen molar-refractivity contribution < 1.29 is 9.18 Å². The maximum atomic E-state index is 13.1. The van der Waals surface area contributed by atoms with Crippen LogP contribution in [0.15, 0.2) is 30.5 Å². The number of halogens is 1. The molecule has 1 fully saturated rings. The highest BCUT2D eigenvalue weighted by Crippen LogP contribution is 2.27. The summed E-state index contributed by atoms with van der Waals surface area (Å²) >= 11 is 1.39. The van der Waals surface area contributed by atoms with Gasteiger partial charge in [-0.2, -0.15) is 0 Å². The molecule has 1 amide bonds. The van der Waals surface area contributed by atoms with E-state index in [-0.39, 0.29) is 11.7 Å². The summed E-state index contributed by atoms with van der Waals surface area (Å²) in [6.45, 7) is 6.21. The number of nitrogens with one attached hydrogen (secondary N) is 1. The topological polar surface area (TPSA) is 49.6 Å². The summed E-state index contributed by atoms with van der Waals surface area (Å²) in [5.74, 6) is -0.294. The van der Waals surface area contributed by atoms with E-state index in [0.29, 0.717) is 11.4 Å². The lowest BCUT2D eigenvalue weighted by atomic mass is 10.2. The number of rotatable bonds is 7. The van der Waals surface area contributed by atoms with Crippen molar-refractivity contribution in [1.82, 2.24) is 19.6 Å². The van der Waals surface area contributed by atoms with Gasteiger partial charge in [0.25, 0.3) is 5.91 Å². The average Bonchev–Trinajstić information content (AvgIpc) is 3.40. The van der Waals surface area contributed by atoms with E-state index >= 15 is 0 Å². The minimum absolute atomic E-state index is 0.0301. The maximum absolute atomic E-state index is 13.1. The molecule has 148 valence electrons. The lowest BCUT2D eigenvalue weighted by Crippen LogP contribution is -2.26. The van der Waals surface area contributed by atoms with Gasteiger partial charge in [-0.05, 0) is 76.5 Å². The van der Waals surface area contributed by atoms with Gasteiger partial charge in [0.15, 0.2) is 4.96 Å². The third-order valence-electron chi connectivity index (χ3n) is 5.29. The van der Waals surface area contributed by atoms with Crippen molar-refractivity contribution >= 4 is 22.2 Å². The predicted molar refractivity (Wildman–Crippen MR) is 110 cm³/mol. The van der Waals surface area contributed by atoms with Crippen molar-refractivity contribution in [3.8, 4) is 11.3 Å². The molecular weight excluding hydrogens is 375 g/mol. The van der Waals surface area contributed by atoms with Gasteiger partial charge in [-0.3, -0.25) is 9.20 Å². The van der Waals surface area contributed by atoms with Crippen molar-refractivity contribution in [3.63, 3.8) is 0 Å². The summed E-state index contributed by atoms with van der Waals surface area (Å²) in [5, 5.41) is 3.04. The molecular formula is C21H25FN4OS. The second-order valence-electron chi connectivity index (χ2n) is 7.31. The van der Waals surface area contributed by atoms with E-state index in [0.717, 1.165) is 41.3 Å². The van der Waals surface area contributed by atoms with E-state index in [9.17, 15) is 9.18 Å². The van der Waals surface area contributed by atoms with E-state index < -0.39 is 0 Å². The zero-order valence-electron chi connectivity index (χ0n) is 16.1. The highest BCUT2D eigenvalue weighted by Gasteiger charge is 2.18. The first kappa shape index (κ1) is 19.1. The minimum Gasteiger partial charge on any atom is -0.351 e. The smallest absolute Gasteiger partial charge is 0.263 e. The number of thiazole rings is 1. The molecule has 1 aromatic carbocycles. The van der Waals surface area contributed by atoms with Crippen molar-refractivity contribution in [1.29, 1.82) is 0 Å². The number of aryl methyl sites for hydroxylation is 1. The van der Waals surface area contributed by atoms with Crippen LogP contribution in [0.1, 0.15) is 41.0 Å². The molecule has 0 radical (unpaired) electrons. The van der Waals surface area contributed by atoms with Gasteiger partial charge >= 0.3 is 0 Å². The molecule has 0 atom stereocenters. The summed E-state index contributed by atoms with van der Waals surface area (Å²) in [6.07, 6.45) is 6.66. The van der Waals surface area contributed by atoms with Gasteiger partial charge in [0.1, 0.15) is 10.7 Å². The van der Waals surface area contributed by atoms with Crippen LogP contribution in [0.2, 0.25) is 0 Å². The summed E-state index contributed by atoms with van der Waals surface area (Å²) < 4.78 is 15.0. The number of unbranched alkanes of at least 4 members (excludes halogenated alkanes) is 1. The van der Waals surface area contributed by atoms with Crippen LogP contribution in [0.4, 0.5) is 4.39 Å². The fraction of sp³-hybridized carbons (Fsp3) is 0.429. The molecule has 2 aromatic heterocycles. The van der Waals surface area contributed by atoms with Gasteiger partial charge in [0.2, 0.25) is 0 Å². The molecule has 5 nitrogen and oxygen atoms in total. The standard InChI is InChI=1S/C21H25FN4OS/c1-15-19(20(27)23-10-2-3-11-25-12-4-5-13-25)28-21-24-18(14-26(15)21)16-6-8-17(22)9-7-16/h6-9,14H,2-5,10-13H2,1H3,(H,23,27). The molecule has 0 aliphatic carbocycles. The van der Waals surface area contributed by atoms with Gasteiger partial charge in [-0.25, -0.2) is 9.37 Å². The molecule has 4 rings (SSSR count). The molecule has 3 heterocycles. The Hall–Kier alpha value is -2.25. The zero-order chi connectivity index (χ0) is 19.5. The highest BCUT2D eigenvalue weighted by molar-refractivity contribution is 7.19. The van der Waals surface area contributed by atoms with Crippen LogP contribution < -0.4 is 5.32 Å². The Labute approximate surface area is 168 Å². The lowest BCUT2D eigenvalue weighted by Gasteiger charge is -2.13. The first-order valence-corrected chi connectivity index (χ1v) is 10.7. The Bertz CT molecular complexity index is 957. The zero-order valence-corrected chi connectivity index (χ0v) is 16.9. The molecule has 1 N–H and O–H groups in total. The quantitative estimate of drug-likeness (QED) is 0.607. The molecule has 3 aromatic rings. The lowest BCUT2D eigenvalue weighted by molar-refractivity contribution is 0.0956. The number of likely N-dealkylation sites (tertiary alicyclic amines) is 1. The average molecular weight is 401 g/mol. The Morgan fingerprint density at radius 3 is 2.68 bits per heavy atom. The summed E-state index contributed by atoms with van der Waals surface area (Å²) in [4.78, 5) is 21.1. The number of carbonyl (C=O) groups excluding carboxylic acids is 1. The molecule has 1 saturated heterocycles. The molecule has 0 unspecified atom stereocenters. The molecule has 7 heteroatoms. The van der Waals surface area contributed by atoms with Crippen LogP contribution in [0.3, 0.4) is 0 Å². The number of hydrogen-bond donors (Lipinski definition) is 1. The number of nitrogens with zero attached hydrogens (tertiary/aromatic N) is 3. The Morgan fingerprint density at radius 1 is 1.21 bits per heavy atom. The number of fused-ring (bicyclic) bond motifs is 1. The second kappa shape index (κ2) is 8.41. The fourth-order valence-electron chi connectivity index (χ4n) is 3.67. The number of benzene rings is 1. The molecule has 0 spiro atoms. The van der Waals surface area contributed by atoms with Gasteiger partial charge in [-0.1, -0.05) is 11.3 Å². The fourth-order valence-corrected chi connectivity index (χ4v) is 4.69. The van der Waals surface area contributed by atoms with Crippen LogP contribution >= 0.6 is 11.3 Å². The highest BCUT2D eigenvalue weighted by atomic mass is 32.1. The third-order valence-corrected chi connectivity index (χ3v) is 6.44. The molecule has 28 heavy (non-hydrogen) atoms. The van der Waals surface area contributed by atoms with Crippen LogP contribution in [-0.2, 0) is 0 Å². The predicted octanol–water partition coefficient (Wildman–Crippen LogP) is 4.12. The van der Waals surface area contributed by atoms with Crippen LogP contribution in [0.5, 0.6) is 0 Å². The monoisotopic (exact) mass is 400 g/mol. The number of amides is 1. The first-order valence-electron chi connectivity index (χ1n) is 9.87. The van der Waals surface area contributed by atoms with Crippen LogP contribution in [0, 0.1) is 12.7 Å². The molecule has 0 saturated carbocycles. The summed E-state index contributed by atoms with van der Waals surface area (Å²) in [5.41, 5.74) is 2.53. The molecule has 1 aliphatic heterocycles. The van der Waals surface area contributed by atoms with Crippen molar-refractivity contribution in [2.75, 3.05) is 26.2 Å². The Balaban J connectivity index is 1.35. The Morgan fingerprint density at radius 2 is 1.96 bits per heavy atom. The van der Waals surface area contributed by atoms with Crippen molar-refractivity contribution in [2.24, 2.45) is 0 Å². The second-order valence-corrected chi connectivity index (χ2v) is 8.29. The van der Waals surface area contributed by atoms with E-state index in [1.54, 1.807) is 12.1 Å². The number of carbonyl (C=O) groups is 1.